The van der Waals surface area contributed by atoms with Gasteiger partial charge in [-0.25, -0.2) is 4.79 Å². The van der Waals surface area contributed by atoms with Gasteiger partial charge in [0.25, 0.3) is 0 Å². The lowest BCUT2D eigenvalue weighted by molar-refractivity contribution is -0.139. The summed E-state index contributed by atoms with van der Waals surface area (Å²) in [7, 11) is 0. The molecule has 64 valence electrons. The Morgan fingerprint density at radius 3 is 2.83 bits per heavy atom. The van der Waals surface area contributed by atoms with Crippen LogP contribution in [0.3, 0.4) is 0 Å². The molecule has 1 aliphatic rings. The van der Waals surface area contributed by atoms with E-state index in [-0.39, 0.29) is 12.1 Å². The summed E-state index contributed by atoms with van der Waals surface area (Å²) < 4.78 is 5.02. The molecule has 1 heterocycles. The van der Waals surface area contributed by atoms with Gasteiger partial charge in [0.05, 0.1) is 0 Å². The third kappa shape index (κ3) is 1.84. The summed E-state index contributed by atoms with van der Waals surface area (Å²) in [6.07, 6.45) is 6.45. The molecule has 0 aromatic heterocycles. The number of esters is 1. The van der Waals surface area contributed by atoms with Crippen LogP contribution < -0.4 is 0 Å². The zero-order valence-corrected chi connectivity index (χ0v) is 6.95. The number of carbonyl (C=O) groups is 1. The van der Waals surface area contributed by atoms with E-state index in [1.165, 1.54) is 0 Å². The van der Waals surface area contributed by atoms with Gasteiger partial charge in [0.1, 0.15) is 6.10 Å². The lowest BCUT2D eigenvalue weighted by Gasteiger charge is -2.02. The number of carbonyl (C=O) groups excluding carboxylic acids is 1. The molecule has 0 saturated heterocycles. The van der Waals surface area contributed by atoms with E-state index in [0.717, 1.165) is 0 Å². The molecule has 0 N–H and O–H groups in total. The number of ether oxygens (including phenoxy) is 1. The van der Waals surface area contributed by atoms with Gasteiger partial charge < -0.3 is 4.74 Å². The van der Waals surface area contributed by atoms with Gasteiger partial charge in [0.2, 0.25) is 0 Å². The highest BCUT2D eigenvalue weighted by molar-refractivity contribution is 5.91. The molecule has 0 bridgehead atoms. The molecule has 0 aliphatic carbocycles. The van der Waals surface area contributed by atoms with Gasteiger partial charge in [-0.15, -0.1) is 13.2 Å². The van der Waals surface area contributed by atoms with Crippen LogP contribution in [0.4, 0.5) is 0 Å². The van der Waals surface area contributed by atoms with Gasteiger partial charge in [-0.05, 0) is 12.5 Å². The lowest BCUT2D eigenvalue weighted by atomic mass is 10.1. The highest BCUT2D eigenvalue weighted by Crippen LogP contribution is 2.19. The van der Waals surface area contributed by atoms with Crippen LogP contribution in [0.5, 0.6) is 0 Å². The molecule has 0 saturated carbocycles. The highest BCUT2D eigenvalue weighted by Gasteiger charge is 2.22. The molecular formula is C10H12O2. The first kappa shape index (κ1) is 8.78. The van der Waals surface area contributed by atoms with Gasteiger partial charge in [0.15, 0.2) is 0 Å². The maximum atomic E-state index is 11.1. The molecule has 12 heavy (non-hydrogen) atoms. The SMILES string of the molecule is C=CCC1=CC(CC=C)OC1=O. The van der Waals surface area contributed by atoms with Crippen LogP contribution in [-0.2, 0) is 9.53 Å². The van der Waals surface area contributed by atoms with Crippen molar-refractivity contribution in [3.63, 3.8) is 0 Å². The topological polar surface area (TPSA) is 26.3 Å². The fourth-order valence-electron chi connectivity index (χ4n) is 1.13. The van der Waals surface area contributed by atoms with E-state index in [0.29, 0.717) is 18.4 Å². The minimum Gasteiger partial charge on any atom is -0.454 e. The maximum Gasteiger partial charge on any atom is 0.334 e. The first-order valence-electron chi connectivity index (χ1n) is 3.91. The van der Waals surface area contributed by atoms with E-state index in [1.54, 1.807) is 12.2 Å². The Kier molecular flexibility index (Phi) is 2.86. The van der Waals surface area contributed by atoms with Crippen molar-refractivity contribution in [1.82, 2.24) is 0 Å². The molecule has 1 rings (SSSR count). The van der Waals surface area contributed by atoms with E-state index in [4.69, 9.17) is 4.74 Å². The van der Waals surface area contributed by atoms with Crippen LogP contribution >= 0.6 is 0 Å². The maximum absolute atomic E-state index is 11.1. The summed E-state index contributed by atoms with van der Waals surface area (Å²) >= 11 is 0. The molecule has 0 aromatic rings. The van der Waals surface area contributed by atoms with Crippen LogP contribution in [0.1, 0.15) is 12.8 Å². The van der Waals surface area contributed by atoms with Crippen molar-refractivity contribution in [2.24, 2.45) is 0 Å². The van der Waals surface area contributed by atoms with Crippen molar-refractivity contribution in [3.05, 3.63) is 37.0 Å². The van der Waals surface area contributed by atoms with Gasteiger partial charge >= 0.3 is 5.97 Å². The van der Waals surface area contributed by atoms with Gasteiger partial charge in [-0.2, -0.15) is 0 Å². The van der Waals surface area contributed by atoms with E-state index < -0.39 is 0 Å². The Balaban J connectivity index is 2.60. The minimum absolute atomic E-state index is 0.107. The van der Waals surface area contributed by atoms with E-state index >= 15 is 0 Å². The Morgan fingerprint density at radius 1 is 1.50 bits per heavy atom. The molecule has 1 aliphatic heterocycles. The second kappa shape index (κ2) is 3.90. The third-order valence-electron chi connectivity index (χ3n) is 1.67. The summed E-state index contributed by atoms with van der Waals surface area (Å²) in [6, 6.07) is 0. The average Bonchev–Trinajstić information content (AvgIpc) is 2.34. The molecule has 2 heteroatoms. The second-order valence-electron chi connectivity index (χ2n) is 2.65. The Bertz CT molecular complexity index is 238. The van der Waals surface area contributed by atoms with E-state index in [9.17, 15) is 4.79 Å². The molecule has 0 aromatic carbocycles. The molecule has 1 unspecified atom stereocenters. The number of rotatable bonds is 4. The van der Waals surface area contributed by atoms with E-state index in [1.807, 2.05) is 6.08 Å². The van der Waals surface area contributed by atoms with Crippen LogP contribution in [0.2, 0.25) is 0 Å². The van der Waals surface area contributed by atoms with Crippen LogP contribution in [0.15, 0.2) is 37.0 Å². The largest absolute Gasteiger partial charge is 0.454 e. The Morgan fingerprint density at radius 2 is 2.25 bits per heavy atom. The summed E-state index contributed by atoms with van der Waals surface area (Å²) in [5.41, 5.74) is 0.705. The van der Waals surface area contributed by atoms with Crippen molar-refractivity contribution >= 4 is 5.97 Å². The molecule has 0 radical (unpaired) electrons. The highest BCUT2D eigenvalue weighted by atomic mass is 16.5. The zero-order valence-electron chi connectivity index (χ0n) is 6.95. The van der Waals surface area contributed by atoms with Crippen molar-refractivity contribution < 1.29 is 9.53 Å². The predicted molar refractivity (Wildman–Crippen MR) is 47.6 cm³/mol. The zero-order chi connectivity index (χ0) is 8.97. The van der Waals surface area contributed by atoms with E-state index in [2.05, 4.69) is 13.2 Å². The fraction of sp³-hybridized carbons (Fsp3) is 0.300. The minimum atomic E-state index is -0.221. The molecular weight excluding hydrogens is 152 g/mol. The monoisotopic (exact) mass is 164 g/mol. The van der Waals surface area contributed by atoms with Crippen molar-refractivity contribution in [2.45, 2.75) is 18.9 Å². The van der Waals surface area contributed by atoms with Crippen molar-refractivity contribution in [3.8, 4) is 0 Å². The fourth-order valence-corrected chi connectivity index (χ4v) is 1.13. The number of allylic oxidation sites excluding steroid dienone is 1. The summed E-state index contributed by atoms with van der Waals surface area (Å²) in [4.78, 5) is 11.1. The summed E-state index contributed by atoms with van der Waals surface area (Å²) in [6.45, 7) is 7.14. The van der Waals surface area contributed by atoms with Crippen molar-refractivity contribution in [2.75, 3.05) is 0 Å². The molecule has 2 nitrogen and oxygen atoms in total. The molecule has 0 spiro atoms. The second-order valence-corrected chi connectivity index (χ2v) is 2.65. The number of hydrogen-bond donors (Lipinski definition) is 0. The summed E-state index contributed by atoms with van der Waals surface area (Å²) in [5.74, 6) is -0.221. The predicted octanol–water partition coefficient (Wildman–Crippen LogP) is 1.99. The Labute approximate surface area is 72.2 Å². The quantitative estimate of drug-likeness (QED) is 0.469. The lowest BCUT2D eigenvalue weighted by Crippen LogP contribution is -2.06. The summed E-state index contributed by atoms with van der Waals surface area (Å²) in [5, 5.41) is 0. The normalized spacial score (nSPS) is 21.5. The smallest absolute Gasteiger partial charge is 0.334 e. The number of cyclic esters (lactones) is 1. The van der Waals surface area contributed by atoms with Gasteiger partial charge in [0, 0.05) is 12.0 Å². The van der Waals surface area contributed by atoms with Crippen LogP contribution in [0.25, 0.3) is 0 Å². The first-order chi connectivity index (χ1) is 5.77. The van der Waals surface area contributed by atoms with Gasteiger partial charge in [-0.3, -0.25) is 0 Å². The molecule has 0 fully saturated rings. The van der Waals surface area contributed by atoms with Gasteiger partial charge in [-0.1, -0.05) is 12.2 Å². The van der Waals surface area contributed by atoms with Crippen LogP contribution in [0, 0.1) is 0 Å². The first-order valence-corrected chi connectivity index (χ1v) is 3.91. The van der Waals surface area contributed by atoms with Crippen molar-refractivity contribution in [1.29, 1.82) is 0 Å². The average molecular weight is 164 g/mol. The third-order valence-corrected chi connectivity index (χ3v) is 1.67. The molecule has 0 amide bonds. The standard InChI is InChI=1S/C10H12O2/c1-3-5-8-7-9(6-4-2)12-10(8)11/h3-4,7,9H,1-2,5-6H2. The number of hydrogen-bond acceptors (Lipinski definition) is 2. The van der Waals surface area contributed by atoms with Crippen LogP contribution in [-0.4, -0.2) is 12.1 Å². The molecule has 1 atom stereocenters. The Hall–Kier alpha value is -1.31.